The van der Waals surface area contributed by atoms with Crippen LogP contribution >= 0.6 is 23.4 Å². The zero-order chi connectivity index (χ0) is 30.9. The first-order chi connectivity index (χ1) is 20.4. The molecule has 6 N–H and O–H groups in total. The molecule has 1 aliphatic carbocycles. The number of nitrogens with one attached hydrogen (secondary N) is 2. The van der Waals surface area contributed by atoms with Gasteiger partial charge in [0.15, 0.2) is 5.82 Å². The van der Waals surface area contributed by atoms with Crippen LogP contribution in [-0.4, -0.2) is 50.3 Å². The van der Waals surface area contributed by atoms with Crippen molar-refractivity contribution < 1.29 is 9.35 Å². The zero-order valence-corrected chi connectivity index (χ0v) is 27.3. The predicted octanol–water partition coefficient (Wildman–Crippen LogP) is 4.46. The molecule has 1 aliphatic heterocycles. The molecule has 2 aliphatic rings. The summed E-state index contributed by atoms with van der Waals surface area (Å²) in [5.41, 5.74) is 15.7. The first kappa shape index (κ1) is 31.6. The fraction of sp³-hybridized carbons (Fsp3) is 0.467. The molecule has 5 rings (SSSR count). The Morgan fingerprint density at radius 1 is 1.21 bits per heavy atom. The molecule has 3 aromatic rings. The van der Waals surface area contributed by atoms with E-state index in [4.69, 9.17) is 23.1 Å². The number of pyridine rings is 1. The van der Waals surface area contributed by atoms with Crippen molar-refractivity contribution in [2.24, 2.45) is 5.41 Å². The Morgan fingerprint density at radius 2 is 1.95 bits per heavy atom. The van der Waals surface area contributed by atoms with Crippen LogP contribution in [0.1, 0.15) is 62.8 Å². The van der Waals surface area contributed by atoms with Gasteiger partial charge < -0.3 is 26.2 Å². The van der Waals surface area contributed by atoms with Gasteiger partial charge in [-0.3, -0.25) is 4.79 Å². The number of amides is 1. The molecule has 1 amide bonds. The maximum absolute atomic E-state index is 13.4. The number of hydrogen-bond donors (Lipinski definition) is 4. The van der Waals surface area contributed by atoms with Gasteiger partial charge in [0.05, 0.1) is 17.3 Å². The van der Waals surface area contributed by atoms with E-state index < -0.39 is 16.1 Å². The van der Waals surface area contributed by atoms with Crippen molar-refractivity contribution in [3.05, 3.63) is 58.4 Å². The first-order valence-electron chi connectivity index (χ1n) is 14.4. The molecule has 1 fully saturated rings. The highest BCUT2D eigenvalue weighted by Crippen LogP contribution is 2.53. The Kier molecular flexibility index (Phi) is 9.34. The van der Waals surface area contributed by atoms with Crippen molar-refractivity contribution >= 4 is 58.1 Å². The van der Waals surface area contributed by atoms with E-state index in [0.717, 1.165) is 43.7 Å². The van der Waals surface area contributed by atoms with Gasteiger partial charge in [0.2, 0.25) is 5.91 Å². The summed E-state index contributed by atoms with van der Waals surface area (Å²) in [5.74, 6) is 1.33. The molecule has 2 aromatic heterocycles. The number of fused-ring (bicyclic) bond motifs is 1. The van der Waals surface area contributed by atoms with Gasteiger partial charge in [0.1, 0.15) is 21.4 Å². The largest absolute Gasteiger partial charge is 0.598 e. The van der Waals surface area contributed by atoms with Gasteiger partial charge in [0.25, 0.3) is 0 Å². The number of aryl methyl sites for hydroxylation is 1. The highest BCUT2D eigenvalue weighted by molar-refractivity contribution is 7.99. The summed E-state index contributed by atoms with van der Waals surface area (Å²) in [4.78, 5) is 28.1. The maximum Gasteiger partial charge on any atom is 0.220 e. The molecule has 3 heterocycles. The smallest absolute Gasteiger partial charge is 0.220 e. The summed E-state index contributed by atoms with van der Waals surface area (Å²) < 4.78 is 16.5. The number of halogens is 1. The number of piperidine rings is 1. The maximum atomic E-state index is 13.4. The summed E-state index contributed by atoms with van der Waals surface area (Å²) in [5, 5.41) is 3.62. The number of anilines is 3. The number of nitrogen functional groups attached to an aromatic ring is 2. The van der Waals surface area contributed by atoms with E-state index in [1.54, 1.807) is 25.5 Å². The van der Waals surface area contributed by atoms with E-state index in [1.165, 1.54) is 22.9 Å². The lowest BCUT2D eigenvalue weighted by molar-refractivity contribution is -0.120. The molecule has 0 saturated carbocycles. The fourth-order valence-corrected chi connectivity index (χ4v) is 7.74. The van der Waals surface area contributed by atoms with Crippen molar-refractivity contribution in [3.63, 3.8) is 0 Å². The van der Waals surface area contributed by atoms with Crippen molar-refractivity contribution in [1.29, 1.82) is 0 Å². The normalized spacial score (nSPS) is 18.5. The fourth-order valence-electron chi connectivity index (χ4n) is 5.78. The van der Waals surface area contributed by atoms with Crippen molar-refractivity contribution in [1.82, 2.24) is 25.0 Å². The van der Waals surface area contributed by atoms with E-state index in [9.17, 15) is 9.35 Å². The van der Waals surface area contributed by atoms with Crippen LogP contribution < -0.4 is 26.4 Å². The van der Waals surface area contributed by atoms with Crippen molar-refractivity contribution in [2.75, 3.05) is 36.5 Å². The second-order valence-electron chi connectivity index (χ2n) is 12.2. The Balaban J connectivity index is 1.34. The highest BCUT2D eigenvalue weighted by Gasteiger charge is 2.50. The summed E-state index contributed by atoms with van der Waals surface area (Å²) in [7, 11) is 1.66. The molecule has 0 radical (unpaired) electrons. The van der Waals surface area contributed by atoms with E-state index >= 15 is 0 Å². The standard InChI is InChI=1S/C30H39ClN8O2S2/c1-29(2,3)43(41)38-25-20-15-18(6-8-23(40)34-4)5-7-19(20)16-30(25)10-13-39(14-11-30)22-17-36-28(27(33)37-22)42-21-9-12-35-26(32)24(21)31/h5,7,9,12,15,17,25,38H,6,8,10-11,13-14,16H2,1-4H3,(H2,32,35)(H2,33,37)(H,34,40)/t25-,43?/m1/s1. The van der Waals surface area contributed by atoms with Crippen LogP contribution in [0, 0.1) is 5.41 Å². The molecule has 230 valence electrons. The second kappa shape index (κ2) is 12.7. The number of rotatable bonds is 8. The first-order valence-corrected chi connectivity index (χ1v) is 16.7. The lowest BCUT2D eigenvalue weighted by Gasteiger charge is -2.44. The highest BCUT2D eigenvalue weighted by atomic mass is 35.5. The molecule has 10 nitrogen and oxygen atoms in total. The van der Waals surface area contributed by atoms with E-state index in [-0.39, 0.29) is 23.2 Å². The van der Waals surface area contributed by atoms with Crippen molar-refractivity contribution in [3.8, 4) is 0 Å². The summed E-state index contributed by atoms with van der Waals surface area (Å²) >= 11 is 6.37. The Morgan fingerprint density at radius 3 is 2.63 bits per heavy atom. The van der Waals surface area contributed by atoms with Gasteiger partial charge in [-0.15, -0.1) is 4.72 Å². The van der Waals surface area contributed by atoms with Gasteiger partial charge in [-0.05, 0) is 69.2 Å². The van der Waals surface area contributed by atoms with Crippen molar-refractivity contribution in [2.45, 2.75) is 73.6 Å². The monoisotopic (exact) mass is 642 g/mol. The van der Waals surface area contributed by atoms with Crippen LogP contribution in [0.2, 0.25) is 5.02 Å². The van der Waals surface area contributed by atoms with Crippen LogP contribution in [0.25, 0.3) is 0 Å². The average Bonchev–Trinajstić information content (AvgIpc) is 3.26. The van der Waals surface area contributed by atoms with Gasteiger partial charge in [0, 0.05) is 54.4 Å². The quantitative estimate of drug-likeness (QED) is 0.259. The third-order valence-corrected chi connectivity index (χ3v) is 11.4. The third kappa shape index (κ3) is 6.83. The number of nitrogens with two attached hydrogens (primary N) is 2. The molecular weight excluding hydrogens is 604 g/mol. The molecule has 13 heteroatoms. The summed E-state index contributed by atoms with van der Waals surface area (Å²) in [6.45, 7) is 7.51. The molecule has 1 unspecified atom stereocenters. The number of carbonyl (C=O) groups is 1. The number of carbonyl (C=O) groups excluding carboxylic acids is 1. The minimum Gasteiger partial charge on any atom is -0.598 e. The second-order valence-corrected chi connectivity index (χ2v) is 15.6. The van der Waals surface area contributed by atoms with Crippen LogP contribution in [0.3, 0.4) is 0 Å². The van der Waals surface area contributed by atoms with Gasteiger partial charge in [-0.1, -0.05) is 41.6 Å². The SMILES string of the molecule is CNC(=O)CCc1ccc2c(c1)[C@@H](N[S+]([O-])C(C)(C)C)C1(CCN(c3cnc(Sc4ccnc(N)c4Cl)c(N)n3)CC1)C2. The summed E-state index contributed by atoms with van der Waals surface area (Å²) in [6.07, 6.45) is 7.13. The van der Waals surface area contributed by atoms with Crippen LogP contribution in [0.4, 0.5) is 17.5 Å². The van der Waals surface area contributed by atoms with Gasteiger partial charge >= 0.3 is 0 Å². The van der Waals surface area contributed by atoms with E-state index in [0.29, 0.717) is 33.6 Å². The van der Waals surface area contributed by atoms with Crippen LogP contribution in [0.15, 0.2) is 46.6 Å². The Bertz CT molecular complexity index is 1490. The van der Waals surface area contributed by atoms with E-state index in [1.807, 2.05) is 20.8 Å². The van der Waals surface area contributed by atoms with Crippen LogP contribution in [0.5, 0.6) is 0 Å². The predicted molar refractivity (Wildman–Crippen MR) is 174 cm³/mol. The molecule has 1 saturated heterocycles. The molecular formula is C30H39ClN8O2S2. The van der Waals surface area contributed by atoms with Gasteiger partial charge in [-0.2, -0.15) is 0 Å². The lowest BCUT2D eigenvalue weighted by atomic mass is 9.73. The Hall–Kier alpha value is -2.77. The van der Waals surface area contributed by atoms with E-state index in [2.05, 4.69) is 48.1 Å². The Labute approximate surface area is 265 Å². The van der Waals surface area contributed by atoms with Crippen LogP contribution in [-0.2, 0) is 29.0 Å². The number of aromatic nitrogens is 3. The third-order valence-electron chi connectivity index (χ3n) is 8.30. The average molecular weight is 643 g/mol. The minimum absolute atomic E-state index is 0.0223. The van der Waals surface area contributed by atoms with Gasteiger partial charge in [-0.25, -0.2) is 15.0 Å². The molecule has 1 aromatic carbocycles. The molecule has 2 atom stereocenters. The summed E-state index contributed by atoms with van der Waals surface area (Å²) in [6, 6.07) is 8.23. The molecule has 0 bridgehead atoms. The number of nitrogens with zero attached hydrogens (tertiary/aromatic N) is 4. The zero-order valence-electron chi connectivity index (χ0n) is 24.9. The minimum atomic E-state index is -1.24. The lowest BCUT2D eigenvalue weighted by Crippen LogP contribution is -2.49. The number of benzene rings is 1. The topological polar surface area (TPSA) is 158 Å². The molecule has 43 heavy (non-hydrogen) atoms. The number of hydrogen-bond acceptors (Lipinski definition) is 10. The molecule has 1 spiro atoms.